The van der Waals surface area contributed by atoms with Crippen molar-refractivity contribution in [3.05, 3.63) is 90.3 Å². The fourth-order valence-electron chi connectivity index (χ4n) is 3.98. The van der Waals surface area contributed by atoms with Gasteiger partial charge in [-0.25, -0.2) is 4.57 Å². The van der Waals surface area contributed by atoms with Gasteiger partial charge in [0.15, 0.2) is 12.4 Å². The summed E-state index contributed by atoms with van der Waals surface area (Å²) in [5.74, 6) is 2.11. The third-order valence-electron chi connectivity index (χ3n) is 6.07. The molecule has 228 valence electrons. The molecule has 0 aliphatic carbocycles. The topological polar surface area (TPSA) is 117 Å². The van der Waals surface area contributed by atoms with E-state index in [1.807, 2.05) is 36.4 Å². The van der Waals surface area contributed by atoms with Gasteiger partial charge in [-0.1, -0.05) is 12.2 Å². The van der Waals surface area contributed by atoms with E-state index in [4.69, 9.17) is 28.4 Å². The van der Waals surface area contributed by atoms with Crippen molar-refractivity contribution in [1.29, 1.82) is 0 Å². The average Bonchev–Trinajstić information content (AvgIpc) is 3.02. The molecule has 4 aliphatic rings. The second-order valence-corrected chi connectivity index (χ2v) is 9.45. The van der Waals surface area contributed by atoms with Crippen LogP contribution in [0.5, 0.6) is 23.0 Å². The average molecular weight is 593 g/mol. The first kappa shape index (κ1) is 31.3. The number of nitrogens with one attached hydrogen (secondary N) is 2. The minimum Gasteiger partial charge on any atom is -0.492 e. The van der Waals surface area contributed by atoms with Gasteiger partial charge in [-0.05, 0) is 54.6 Å². The van der Waals surface area contributed by atoms with Crippen molar-refractivity contribution in [2.75, 3.05) is 65.9 Å². The smallest absolute Gasteiger partial charge is 0.257 e. The molecule has 0 radical (unpaired) electrons. The molecule has 2 aromatic carbocycles. The van der Waals surface area contributed by atoms with E-state index in [0.717, 1.165) is 0 Å². The maximum absolute atomic E-state index is 12.7. The lowest BCUT2D eigenvalue weighted by Gasteiger charge is -2.10. The Morgan fingerprint density at radius 2 is 0.930 bits per heavy atom. The normalized spacial score (nSPS) is 17.2. The maximum atomic E-state index is 12.7. The zero-order valence-corrected chi connectivity index (χ0v) is 24.3. The SMILES string of the molecule is C[n+]1cc2cc(c1)C(=O)NCCOc1ccc(cc1)OCCOC/C=C\COCCOc1ccc(cc1)OCCNC2=O. The van der Waals surface area contributed by atoms with Crippen molar-refractivity contribution in [1.82, 2.24) is 10.6 Å². The Kier molecular flexibility index (Phi) is 12.7. The standard InChI is InChI=1S/C32H37N3O8/c1-35-23-25-22-26(24-35)32(37)34-13-17-41-28-6-10-30(11-7-28)43-21-19-39-15-3-2-14-38-18-20-42-29-8-4-27(5-9-29)40-16-12-33-31(25)36/h2-11,22-24H,12-21H2,1H3,(H-,33,34,36,37)/p+1/b3-2-. The Bertz CT molecular complexity index is 1230. The molecule has 3 aromatic rings. The molecule has 5 heterocycles. The fourth-order valence-corrected chi connectivity index (χ4v) is 3.98. The zero-order valence-electron chi connectivity index (χ0n) is 24.3. The number of amides is 2. The minimum absolute atomic E-state index is 0.278. The third kappa shape index (κ3) is 11.3. The first-order chi connectivity index (χ1) is 21.1. The number of aryl methyl sites for hydroxylation is 1. The number of carbonyl (C=O) groups excluding carboxylic acids is 2. The van der Waals surface area contributed by atoms with Crippen LogP contribution in [0.15, 0.2) is 79.1 Å². The van der Waals surface area contributed by atoms with Gasteiger partial charge < -0.3 is 39.1 Å². The Labute approximate surface area is 251 Å². The van der Waals surface area contributed by atoms with Crippen LogP contribution in [-0.4, -0.2) is 77.8 Å². The van der Waals surface area contributed by atoms with Crippen LogP contribution in [0.1, 0.15) is 20.7 Å². The number of carbonyl (C=O) groups is 2. The van der Waals surface area contributed by atoms with Crippen molar-refractivity contribution in [3.63, 3.8) is 0 Å². The minimum atomic E-state index is -0.305. The predicted octanol–water partition coefficient (Wildman–Crippen LogP) is 2.49. The van der Waals surface area contributed by atoms with E-state index in [-0.39, 0.29) is 25.0 Å². The van der Waals surface area contributed by atoms with Gasteiger partial charge >= 0.3 is 0 Å². The van der Waals surface area contributed by atoms with Gasteiger partial charge in [0, 0.05) is 0 Å². The summed E-state index contributed by atoms with van der Waals surface area (Å²) >= 11 is 0. The molecule has 2 amide bonds. The number of hydrogen-bond donors (Lipinski definition) is 2. The van der Waals surface area contributed by atoms with Crippen LogP contribution < -0.4 is 34.1 Å². The predicted molar refractivity (Wildman–Crippen MR) is 158 cm³/mol. The highest BCUT2D eigenvalue weighted by Gasteiger charge is 2.16. The summed E-state index contributed by atoms with van der Waals surface area (Å²) in [6, 6.07) is 16.0. The number of benzene rings is 2. The Morgan fingerprint density at radius 1 is 0.558 bits per heavy atom. The van der Waals surface area contributed by atoms with E-state index >= 15 is 0 Å². The monoisotopic (exact) mass is 592 g/mol. The van der Waals surface area contributed by atoms with Gasteiger partial charge in [0.05, 0.1) is 39.5 Å². The molecule has 6 bridgehead atoms. The van der Waals surface area contributed by atoms with E-state index in [9.17, 15) is 9.59 Å². The van der Waals surface area contributed by atoms with Gasteiger partial charge in [-0.2, -0.15) is 0 Å². The molecule has 7 rings (SSSR count). The first-order valence-corrected chi connectivity index (χ1v) is 14.2. The molecule has 1 aromatic heterocycles. The van der Waals surface area contributed by atoms with Gasteiger partial charge in [-0.3, -0.25) is 9.59 Å². The summed E-state index contributed by atoms with van der Waals surface area (Å²) in [7, 11) is 1.76. The van der Waals surface area contributed by atoms with E-state index in [1.54, 1.807) is 54.3 Å². The second kappa shape index (κ2) is 17.4. The van der Waals surface area contributed by atoms with Crippen LogP contribution in [-0.2, 0) is 16.5 Å². The highest BCUT2D eigenvalue weighted by atomic mass is 16.5. The Balaban J connectivity index is 1.32. The van der Waals surface area contributed by atoms with E-state index in [2.05, 4.69) is 10.6 Å². The van der Waals surface area contributed by atoms with Crippen molar-refractivity contribution in [3.8, 4) is 23.0 Å². The lowest BCUT2D eigenvalue weighted by atomic mass is 10.2. The second-order valence-electron chi connectivity index (χ2n) is 9.45. The van der Waals surface area contributed by atoms with Crippen molar-refractivity contribution in [2.24, 2.45) is 7.05 Å². The lowest BCUT2D eigenvalue weighted by molar-refractivity contribution is -0.671. The number of nitrogens with zero attached hydrogens (tertiary/aromatic N) is 1. The molecular weight excluding hydrogens is 554 g/mol. The Hall–Kier alpha value is -4.61. The van der Waals surface area contributed by atoms with Gasteiger partial charge in [-0.15, -0.1) is 0 Å². The van der Waals surface area contributed by atoms with E-state index in [0.29, 0.717) is 86.9 Å². The summed E-state index contributed by atoms with van der Waals surface area (Å²) in [4.78, 5) is 25.5. The molecule has 43 heavy (non-hydrogen) atoms. The van der Waals surface area contributed by atoms with Crippen LogP contribution in [0.2, 0.25) is 0 Å². The summed E-state index contributed by atoms with van der Waals surface area (Å²) in [5, 5.41) is 5.65. The highest BCUT2D eigenvalue weighted by molar-refractivity contribution is 5.98. The highest BCUT2D eigenvalue weighted by Crippen LogP contribution is 2.18. The van der Waals surface area contributed by atoms with Crippen LogP contribution in [0, 0.1) is 0 Å². The molecule has 0 saturated carbocycles. The summed E-state index contributed by atoms with van der Waals surface area (Å²) in [6.07, 6.45) is 7.12. The summed E-state index contributed by atoms with van der Waals surface area (Å²) < 4.78 is 35.6. The van der Waals surface area contributed by atoms with Gasteiger partial charge in [0.1, 0.15) is 67.6 Å². The number of aromatic nitrogens is 1. The van der Waals surface area contributed by atoms with Gasteiger partial charge in [0.2, 0.25) is 0 Å². The third-order valence-corrected chi connectivity index (χ3v) is 6.07. The number of ether oxygens (including phenoxy) is 6. The molecule has 11 nitrogen and oxygen atoms in total. The van der Waals surface area contributed by atoms with Crippen LogP contribution >= 0.6 is 0 Å². The fraction of sp³-hybridized carbons (Fsp3) is 0.344. The van der Waals surface area contributed by atoms with Crippen molar-refractivity contribution in [2.45, 2.75) is 0 Å². The summed E-state index contributed by atoms with van der Waals surface area (Å²) in [6.45, 7) is 3.82. The van der Waals surface area contributed by atoms with E-state index < -0.39 is 0 Å². The van der Waals surface area contributed by atoms with E-state index in [1.165, 1.54) is 0 Å². The van der Waals surface area contributed by atoms with Crippen LogP contribution in [0.25, 0.3) is 0 Å². The van der Waals surface area contributed by atoms with Gasteiger partial charge in [0.25, 0.3) is 11.8 Å². The molecule has 0 spiro atoms. The number of rotatable bonds is 0. The number of hydrogen-bond acceptors (Lipinski definition) is 8. The maximum Gasteiger partial charge on any atom is 0.257 e. The largest absolute Gasteiger partial charge is 0.492 e. The van der Waals surface area contributed by atoms with Crippen LogP contribution in [0.3, 0.4) is 0 Å². The molecule has 4 aliphatic heterocycles. The zero-order chi connectivity index (χ0) is 30.1. The first-order valence-electron chi connectivity index (χ1n) is 14.2. The molecule has 2 N–H and O–H groups in total. The summed E-state index contributed by atoms with van der Waals surface area (Å²) in [5.41, 5.74) is 0.728. The number of pyridine rings is 1. The van der Waals surface area contributed by atoms with Crippen molar-refractivity contribution >= 4 is 11.8 Å². The molecule has 0 saturated heterocycles. The van der Waals surface area contributed by atoms with Crippen molar-refractivity contribution < 1.29 is 42.6 Å². The molecular formula is C32H38N3O8+. The Morgan fingerprint density at radius 3 is 1.33 bits per heavy atom. The lowest BCUT2D eigenvalue weighted by Crippen LogP contribution is -2.36. The molecule has 0 unspecified atom stereocenters. The molecule has 0 fully saturated rings. The molecule has 11 heteroatoms. The van der Waals surface area contributed by atoms with Crippen LogP contribution in [0.4, 0.5) is 0 Å². The quantitative estimate of drug-likeness (QED) is 0.302. The molecule has 0 atom stereocenters.